The molecule has 1 aliphatic rings. The molecular formula is C15H22N2O3. The molecule has 3 N–H and O–H groups in total. The van der Waals surface area contributed by atoms with Crippen LogP contribution in [0.3, 0.4) is 0 Å². The number of hydrogen-bond donors (Lipinski definition) is 3. The Morgan fingerprint density at radius 1 is 1.55 bits per heavy atom. The fourth-order valence-electron chi connectivity index (χ4n) is 2.62. The van der Waals surface area contributed by atoms with E-state index in [1.54, 1.807) is 19.2 Å². The summed E-state index contributed by atoms with van der Waals surface area (Å²) in [5, 5.41) is 16.0. The van der Waals surface area contributed by atoms with Crippen molar-refractivity contribution in [3.63, 3.8) is 0 Å². The van der Waals surface area contributed by atoms with Crippen molar-refractivity contribution in [1.82, 2.24) is 5.32 Å². The number of phenols is 1. The second-order valence-electron chi connectivity index (χ2n) is 5.25. The highest BCUT2D eigenvalue weighted by molar-refractivity contribution is 5.97. The number of methoxy groups -OCH3 is 1. The summed E-state index contributed by atoms with van der Waals surface area (Å²) in [6.07, 6.45) is 2.63. The minimum Gasteiger partial charge on any atom is -0.506 e. The Hall–Kier alpha value is -1.75. The zero-order valence-corrected chi connectivity index (χ0v) is 12.0. The average molecular weight is 278 g/mol. The van der Waals surface area contributed by atoms with Gasteiger partial charge in [-0.1, -0.05) is 6.92 Å². The van der Waals surface area contributed by atoms with Crippen LogP contribution in [0.5, 0.6) is 11.5 Å². The number of anilines is 1. The predicted octanol–water partition coefficient (Wildman–Crippen LogP) is 2.12. The lowest BCUT2D eigenvalue weighted by atomic mass is 9.77. The smallest absolute Gasteiger partial charge is 0.231 e. The van der Waals surface area contributed by atoms with E-state index in [-0.39, 0.29) is 11.7 Å². The maximum absolute atomic E-state index is 12.6. The lowest BCUT2D eigenvalue weighted by Gasteiger charge is -2.35. The van der Waals surface area contributed by atoms with Crippen molar-refractivity contribution >= 4 is 11.6 Å². The molecule has 1 unspecified atom stereocenters. The zero-order chi connectivity index (χ0) is 14.6. The zero-order valence-electron chi connectivity index (χ0n) is 12.0. The molecule has 0 aliphatic carbocycles. The lowest BCUT2D eigenvalue weighted by Crippen LogP contribution is -2.47. The van der Waals surface area contributed by atoms with Crippen LogP contribution in [-0.4, -0.2) is 31.2 Å². The van der Waals surface area contributed by atoms with Crippen LogP contribution in [0.1, 0.15) is 26.2 Å². The second-order valence-corrected chi connectivity index (χ2v) is 5.25. The van der Waals surface area contributed by atoms with E-state index in [4.69, 9.17) is 4.74 Å². The van der Waals surface area contributed by atoms with Gasteiger partial charge in [0.15, 0.2) is 0 Å². The van der Waals surface area contributed by atoms with Gasteiger partial charge in [0.25, 0.3) is 0 Å². The first-order chi connectivity index (χ1) is 9.61. The number of amides is 1. The van der Waals surface area contributed by atoms with Crippen molar-refractivity contribution < 1.29 is 14.6 Å². The van der Waals surface area contributed by atoms with Gasteiger partial charge in [0.05, 0.1) is 18.2 Å². The molecule has 5 heteroatoms. The average Bonchev–Trinajstić information content (AvgIpc) is 2.50. The Morgan fingerprint density at radius 3 is 2.95 bits per heavy atom. The van der Waals surface area contributed by atoms with Gasteiger partial charge in [0, 0.05) is 12.6 Å². The fraction of sp³-hybridized carbons (Fsp3) is 0.533. The van der Waals surface area contributed by atoms with E-state index in [2.05, 4.69) is 10.6 Å². The molecule has 0 aromatic heterocycles. The van der Waals surface area contributed by atoms with Gasteiger partial charge >= 0.3 is 0 Å². The van der Waals surface area contributed by atoms with Gasteiger partial charge in [-0.2, -0.15) is 0 Å². The molecule has 2 rings (SSSR count). The van der Waals surface area contributed by atoms with Crippen molar-refractivity contribution in [1.29, 1.82) is 0 Å². The van der Waals surface area contributed by atoms with Gasteiger partial charge in [-0.05, 0) is 37.9 Å². The van der Waals surface area contributed by atoms with Gasteiger partial charge in [-0.15, -0.1) is 0 Å². The van der Waals surface area contributed by atoms with E-state index in [0.29, 0.717) is 18.0 Å². The third kappa shape index (κ3) is 2.88. The molecule has 0 saturated carbocycles. The maximum Gasteiger partial charge on any atom is 0.231 e. The Kier molecular flexibility index (Phi) is 4.49. The number of carbonyl (C=O) groups excluding carboxylic acids is 1. The highest BCUT2D eigenvalue weighted by Gasteiger charge is 2.38. The summed E-state index contributed by atoms with van der Waals surface area (Å²) >= 11 is 0. The molecule has 1 aromatic carbocycles. The summed E-state index contributed by atoms with van der Waals surface area (Å²) in [6, 6.07) is 4.81. The van der Waals surface area contributed by atoms with Crippen LogP contribution in [0.4, 0.5) is 5.69 Å². The highest BCUT2D eigenvalue weighted by atomic mass is 16.5. The number of ether oxygens (including phenoxy) is 1. The number of nitrogens with one attached hydrogen (secondary N) is 2. The SMILES string of the molecule is CCC1(C(=O)Nc2cc(OC)ccc2O)CCCNC1. The van der Waals surface area contributed by atoms with E-state index in [1.807, 2.05) is 6.92 Å². The van der Waals surface area contributed by atoms with Gasteiger partial charge in [-0.3, -0.25) is 4.79 Å². The minimum absolute atomic E-state index is 0.0456. The van der Waals surface area contributed by atoms with Crippen LogP contribution in [0.2, 0.25) is 0 Å². The second kappa shape index (κ2) is 6.13. The van der Waals surface area contributed by atoms with Gasteiger partial charge in [0.2, 0.25) is 5.91 Å². The van der Waals surface area contributed by atoms with E-state index < -0.39 is 5.41 Å². The largest absolute Gasteiger partial charge is 0.506 e. The molecule has 1 atom stereocenters. The summed E-state index contributed by atoms with van der Waals surface area (Å²) in [5.74, 6) is 0.607. The van der Waals surface area contributed by atoms with E-state index >= 15 is 0 Å². The van der Waals surface area contributed by atoms with Gasteiger partial charge in [0.1, 0.15) is 11.5 Å². The van der Waals surface area contributed by atoms with Crippen LogP contribution in [0.15, 0.2) is 18.2 Å². The molecule has 1 aliphatic heterocycles. The first-order valence-corrected chi connectivity index (χ1v) is 7.00. The molecule has 1 saturated heterocycles. The molecular weight excluding hydrogens is 256 g/mol. The molecule has 1 amide bonds. The fourth-order valence-corrected chi connectivity index (χ4v) is 2.62. The Labute approximate surface area is 119 Å². The molecule has 1 aromatic rings. The first-order valence-electron chi connectivity index (χ1n) is 7.00. The van der Waals surface area contributed by atoms with Crippen molar-refractivity contribution in [3.05, 3.63) is 18.2 Å². The molecule has 0 radical (unpaired) electrons. The van der Waals surface area contributed by atoms with Crippen LogP contribution < -0.4 is 15.4 Å². The maximum atomic E-state index is 12.6. The number of piperidine rings is 1. The van der Waals surface area contributed by atoms with E-state index in [1.165, 1.54) is 6.07 Å². The number of hydrogen-bond acceptors (Lipinski definition) is 4. The normalized spacial score (nSPS) is 22.3. The lowest BCUT2D eigenvalue weighted by molar-refractivity contribution is -0.126. The summed E-state index contributed by atoms with van der Waals surface area (Å²) < 4.78 is 5.11. The standard InChI is InChI=1S/C15H22N2O3/c1-3-15(7-4-8-16-10-15)14(19)17-12-9-11(20-2)5-6-13(12)18/h5-6,9,16,18H,3-4,7-8,10H2,1-2H3,(H,17,19). The third-order valence-electron chi connectivity index (χ3n) is 4.08. The Bertz CT molecular complexity index is 482. The van der Waals surface area contributed by atoms with Crippen molar-refractivity contribution in [2.45, 2.75) is 26.2 Å². The van der Waals surface area contributed by atoms with Crippen LogP contribution in [0, 0.1) is 5.41 Å². The number of aromatic hydroxyl groups is 1. The molecule has 1 fully saturated rings. The van der Waals surface area contributed by atoms with Gasteiger partial charge < -0.3 is 20.5 Å². The number of carbonyl (C=O) groups is 1. The third-order valence-corrected chi connectivity index (χ3v) is 4.08. The monoisotopic (exact) mass is 278 g/mol. The van der Waals surface area contributed by atoms with E-state index in [9.17, 15) is 9.90 Å². The quantitative estimate of drug-likeness (QED) is 0.738. The van der Waals surface area contributed by atoms with Crippen molar-refractivity contribution in [3.8, 4) is 11.5 Å². The molecule has 110 valence electrons. The summed E-state index contributed by atoms with van der Waals surface area (Å²) in [5.41, 5.74) is 0.000991. The Morgan fingerprint density at radius 2 is 2.35 bits per heavy atom. The Balaban J connectivity index is 2.18. The predicted molar refractivity (Wildman–Crippen MR) is 78.1 cm³/mol. The molecule has 0 spiro atoms. The van der Waals surface area contributed by atoms with Crippen molar-refractivity contribution in [2.75, 3.05) is 25.5 Å². The molecule has 1 heterocycles. The highest BCUT2D eigenvalue weighted by Crippen LogP contribution is 2.34. The summed E-state index contributed by atoms with van der Waals surface area (Å²) in [7, 11) is 1.55. The first kappa shape index (κ1) is 14.7. The number of benzene rings is 1. The number of phenolic OH excluding ortho intramolecular Hbond substituents is 1. The topological polar surface area (TPSA) is 70.6 Å². The summed E-state index contributed by atoms with van der Waals surface area (Å²) in [4.78, 5) is 12.6. The van der Waals surface area contributed by atoms with Gasteiger partial charge in [-0.25, -0.2) is 0 Å². The molecule has 20 heavy (non-hydrogen) atoms. The summed E-state index contributed by atoms with van der Waals surface area (Å²) in [6.45, 7) is 3.66. The molecule has 0 bridgehead atoms. The van der Waals surface area contributed by atoms with Crippen molar-refractivity contribution in [2.24, 2.45) is 5.41 Å². The number of rotatable bonds is 4. The molecule has 5 nitrogen and oxygen atoms in total. The van der Waals surface area contributed by atoms with E-state index in [0.717, 1.165) is 25.8 Å². The minimum atomic E-state index is -0.395. The van der Waals surface area contributed by atoms with Crippen LogP contribution in [0.25, 0.3) is 0 Å². The van der Waals surface area contributed by atoms with Crippen LogP contribution in [-0.2, 0) is 4.79 Å². The van der Waals surface area contributed by atoms with Crippen LogP contribution >= 0.6 is 0 Å².